The second-order valence-electron chi connectivity index (χ2n) is 6.26. The SMILES string of the molecule is CCc1cc2c(N(C)CCN(C)C(=O)c3ccc(F)c(F)c3)ncnc2s1. The highest BCUT2D eigenvalue weighted by Crippen LogP contribution is 2.29. The predicted octanol–water partition coefficient (Wildman–Crippen LogP) is 3.74. The molecule has 0 aliphatic carbocycles. The number of anilines is 1. The van der Waals surface area contributed by atoms with Gasteiger partial charge in [-0.05, 0) is 30.7 Å². The molecule has 0 bridgehead atoms. The monoisotopic (exact) mass is 390 g/mol. The van der Waals surface area contributed by atoms with E-state index in [1.165, 1.54) is 15.8 Å². The first-order chi connectivity index (χ1) is 12.9. The summed E-state index contributed by atoms with van der Waals surface area (Å²) >= 11 is 1.65. The first-order valence-electron chi connectivity index (χ1n) is 8.55. The molecule has 2 aromatic heterocycles. The van der Waals surface area contributed by atoms with Gasteiger partial charge in [0.05, 0.1) is 5.39 Å². The molecule has 0 radical (unpaired) electrons. The van der Waals surface area contributed by atoms with Crippen molar-refractivity contribution >= 4 is 33.3 Å². The summed E-state index contributed by atoms with van der Waals surface area (Å²) in [5, 5.41) is 0.997. The Morgan fingerprint density at radius 3 is 2.59 bits per heavy atom. The Hall–Kier alpha value is -2.61. The molecule has 1 amide bonds. The average Bonchev–Trinajstić information content (AvgIpc) is 3.10. The van der Waals surface area contributed by atoms with Gasteiger partial charge < -0.3 is 9.80 Å². The van der Waals surface area contributed by atoms with E-state index in [9.17, 15) is 13.6 Å². The van der Waals surface area contributed by atoms with Crippen LogP contribution < -0.4 is 4.90 Å². The molecule has 0 N–H and O–H groups in total. The standard InChI is InChI=1S/C19H20F2N4OS/c1-4-13-10-14-17(22-11-23-18(14)27-13)24(2)7-8-25(3)19(26)12-5-6-15(20)16(21)9-12/h5-6,9-11H,4,7-8H2,1-3H3. The van der Waals surface area contributed by atoms with Crippen molar-refractivity contribution in [3.8, 4) is 0 Å². The summed E-state index contributed by atoms with van der Waals surface area (Å²) in [5.74, 6) is -1.55. The Balaban J connectivity index is 1.69. The number of hydrogen-bond acceptors (Lipinski definition) is 5. The van der Waals surface area contributed by atoms with Crippen LogP contribution in [-0.4, -0.2) is 48.0 Å². The van der Waals surface area contributed by atoms with Crippen LogP contribution >= 0.6 is 11.3 Å². The second-order valence-corrected chi connectivity index (χ2v) is 7.37. The van der Waals surface area contributed by atoms with Gasteiger partial charge in [-0.25, -0.2) is 18.7 Å². The van der Waals surface area contributed by atoms with Crippen molar-refractivity contribution in [1.29, 1.82) is 0 Å². The van der Waals surface area contributed by atoms with Gasteiger partial charge in [0, 0.05) is 37.6 Å². The normalized spacial score (nSPS) is 11.0. The van der Waals surface area contributed by atoms with E-state index in [1.807, 2.05) is 11.9 Å². The molecule has 2 heterocycles. The number of carbonyl (C=O) groups is 1. The number of aryl methyl sites for hydroxylation is 1. The number of amides is 1. The van der Waals surface area contributed by atoms with Gasteiger partial charge in [-0.3, -0.25) is 4.79 Å². The molecule has 3 aromatic rings. The molecule has 27 heavy (non-hydrogen) atoms. The lowest BCUT2D eigenvalue weighted by atomic mass is 10.2. The van der Waals surface area contributed by atoms with E-state index < -0.39 is 11.6 Å². The van der Waals surface area contributed by atoms with E-state index in [0.717, 1.165) is 34.6 Å². The molecule has 3 rings (SSSR count). The number of fused-ring (bicyclic) bond motifs is 1. The highest BCUT2D eigenvalue weighted by molar-refractivity contribution is 7.18. The van der Waals surface area contributed by atoms with E-state index in [4.69, 9.17) is 0 Å². The summed E-state index contributed by atoms with van der Waals surface area (Å²) in [6.07, 6.45) is 2.48. The number of halogens is 2. The third kappa shape index (κ3) is 4.05. The molecule has 8 heteroatoms. The van der Waals surface area contributed by atoms with Crippen LogP contribution in [0.3, 0.4) is 0 Å². The lowest BCUT2D eigenvalue weighted by Crippen LogP contribution is -2.35. The van der Waals surface area contributed by atoms with Gasteiger partial charge in [-0.15, -0.1) is 11.3 Å². The Bertz CT molecular complexity index is 975. The summed E-state index contributed by atoms with van der Waals surface area (Å²) in [6, 6.07) is 5.26. The van der Waals surface area contributed by atoms with E-state index in [-0.39, 0.29) is 11.5 Å². The fraction of sp³-hybridized carbons (Fsp3) is 0.316. The van der Waals surface area contributed by atoms with Crippen molar-refractivity contribution in [3.63, 3.8) is 0 Å². The minimum atomic E-state index is -1.03. The lowest BCUT2D eigenvalue weighted by Gasteiger charge is -2.23. The molecule has 5 nitrogen and oxygen atoms in total. The number of rotatable bonds is 6. The summed E-state index contributed by atoms with van der Waals surface area (Å²) in [5.41, 5.74) is 0.119. The lowest BCUT2D eigenvalue weighted by molar-refractivity contribution is 0.0798. The Morgan fingerprint density at radius 1 is 1.11 bits per heavy atom. The van der Waals surface area contributed by atoms with Gasteiger partial charge in [0.1, 0.15) is 17.0 Å². The van der Waals surface area contributed by atoms with Gasteiger partial charge in [-0.2, -0.15) is 0 Å². The minimum Gasteiger partial charge on any atom is -0.357 e. The van der Waals surface area contributed by atoms with E-state index >= 15 is 0 Å². The van der Waals surface area contributed by atoms with Crippen molar-refractivity contribution in [1.82, 2.24) is 14.9 Å². The van der Waals surface area contributed by atoms with Gasteiger partial charge >= 0.3 is 0 Å². The van der Waals surface area contributed by atoms with Crippen molar-refractivity contribution in [3.05, 3.63) is 52.7 Å². The van der Waals surface area contributed by atoms with E-state index in [0.29, 0.717) is 13.1 Å². The molecule has 0 saturated heterocycles. The van der Waals surface area contributed by atoms with Gasteiger partial charge in [0.25, 0.3) is 5.91 Å². The molecule has 0 spiro atoms. The number of hydrogen-bond donors (Lipinski definition) is 0. The number of benzene rings is 1. The quantitative estimate of drug-likeness (QED) is 0.643. The number of thiophene rings is 1. The van der Waals surface area contributed by atoms with Crippen LogP contribution in [0.15, 0.2) is 30.6 Å². The largest absolute Gasteiger partial charge is 0.357 e. The molecule has 0 saturated carbocycles. The van der Waals surface area contributed by atoms with Crippen LogP contribution in [0, 0.1) is 11.6 Å². The number of likely N-dealkylation sites (N-methyl/N-ethyl adjacent to an activating group) is 2. The fourth-order valence-electron chi connectivity index (χ4n) is 2.73. The summed E-state index contributed by atoms with van der Waals surface area (Å²) in [4.78, 5) is 26.7. The Morgan fingerprint density at radius 2 is 1.89 bits per heavy atom. The molecule has 0 aliphatic heterocycles. The number of nitrogens with zero attached hydrogens (tertiary/aromatic N) is 4. The zero-order valence-corrected chi connectivity index (χ0v) is 16.2. The van der Waals surface area contributed by atoms with Gasteiger partial charge in [0.2, 0.25) is 0 Å². The molecular formula is C19H20F2N4OS. The van der Waals surface area contributed by atoms with Gasteiger partial charge in [-0.1, -0.05) is 6.92 Å². The smallest absolute Gasteiger partial charge is 0.253 e. The van der Waals surface area contributed by atoms with E-state index in [2.05, 4.69) is 23.0 Å². The van der Waals surface area contributed by atoms with Crippen LogP contribution in [0.4, 0.5) is 14.6 Å². The third-order valence-corrected chi connectivity index (χ3v) is 5.54. The molecule has 0 aliphatic rings. The Kier molecular flexibility index (Phi) is 5.65. The molecule has 0 fully saturated rings. The number of aromatic nitrogens is 2. The summed E-state index contributed by atoms with van der Waals surface area (Å²) in [6.45, 7) is 3.04. The highest BCUT2D eigenvalue weighted by Gasteiger charge is 2.16. The Labute approximate surface area is 160 Å². The maximum absolute atomic E-state index is 13.4. The first kappa shape index (κ1) is 19.2. The zero-order valence-electron chi connectivity index (χ0n) is 15.4. The summed E-state index contributed by atoms with van der Waals surface area (Å²) < 4.78 is 26.4. The number of carbonyl (C=O) groups excluding carboxylic acids is 1. The van der Waals surface area contributed by atoms with Crippen molar-refractivity contribution < 1.29 is 13.6 Å². The molecule has 0 atom stereocenters. The zero-order chi connectivity index (χ0) is 19.6. The highest BCUT2D eigenvalue weighted by atomic mass is 32.1. The van der Waals surface area contributed by atoms with Crippen molar-refractivity contribution in [2.24, 2.45) is 0 Å². The average molecular weight is 390 g/mol. The minimum absolute atomic E-state index is 0.119. The summed E-state index contributed by atoms with van der Waals surface area (Å²) in [7, 11) is 3.54. The molecule has 1 aromatic carbocycles. The first-order valence-corrected chi connectivity index (χ1v) is 9.37. The maximum Gasteiger partial charge on any atom is 0.253 e. The molecular weight excluding hydrogens is 370 g/mol. The van der Waals surface area contributed by atoms with Crippen LogP contribution in [0.25, 0.3) is 10.2 Å². The molecule has 142 valence electrons. The van der Waals surface area contributed by atoms with Crippen LogP contribution in [0.2, 0.25) is 0 Å². The second kappa shape index (κ2) is 7.96. The van der Waals surface area contributed by atoms with Crippen LogP contribution in [0.1, 0.15) is 22.2 Å². The third-order valence-electron chi connectivity index (χ3n) is 4.35. The van der Waals surface area contributed by atoms with Crippen LogP contribution in [0.5, 0.6) is 0 Å². The fourth-order valence-corrected chi connectivity index (χ4v) is 3.66. The van der Waals surface area contributed by atoms with Crippen molar-refractivity contribution in [2.75, 3.05) is 32.1 Å². The predicted molar refractivity (Wildman–Crippen MR) is 103 cm³/mol. The van der Waals surface area contributed by atoms with Crippen molar-refractivity contribution in [2.45, 2.75) is 13.3 Å². The topological polar surface area (TPSA) is 49.3 Å². The molecule has 0 unspecified atom stereocenters. The van der Waals surface area contributed by atoms with Gasteiger partial charge in [0.15, 0.2) is 11.6 Å². The maximum atomic E-state index is 13.4. The van der Waals surface area contributed by atoms with E-state index in [1.54, 1.807) is 24.7 Å². The van der Waals surface area contributed by atoms with Crippen LogP contribution in [-0.2, 0) is 6.42 Å².